The molecule has 0 radical (unpaired) electrons. The molecule has 0 aromatic heterocycles. The van der Waals surface area contributed by atoms with Gasteiger partial charge in [-0.3, -0.25) is 0 Å². The Kier molecular flexibility index (Phi) is 11.5. The molecule has 0 aliphatic rings. The van der Waals surface area contributed by atoms with Crippen molar-refractivity contribution in [2.24, 2.45) is 0 Å². The van der Waals surface area contributed by atoms with E-state index in [9.17, 15) is 13.2 Å². The second-order valence-corrected chi connectivity index (χ2v) is 4.12. The minimum atomic E-state index is -4.20. The Morgan fingerprint density at radius 1 is 1.38 bits per heavy atom. The number of carbonyl (C=O) groups excluding carboxylic acids is 1. The summed E-state index contributed by atoms with van der Waals surface area (Å²) in [4.78, 5) is 10.6. The predicted molar refractivity (Wildman–Crippen MR) is 63.3 cm³/mol. The van der Waals surface area contributed by atoms with E-state index in [2.05, 4.69) is 14.9 Å². The predicted octanol–water partition coefficient (Wildman–Crippen LogP) is 1.40. The first-order valence-electron chi connectivity index (χ1n) is 4.77. The Hall–Kier alpha value is -0.114. The Bertz CT molecular complexity index is 308. The summed E-state index contributed by atoms with van der Waals surface area (Å²) in [7, 11) is -4.20. The Labute approximate surface area is 116 Å². The third-order valence-corrected chi connectivity index (χ3v) is 2.40. The number of hydrogen-bond acceptors (Lipinski definition) is 5. The smallest absolute Gasteiger partial charge is 1.00 e. The largest absolute Gasteiger partial charge is 2.00 e. The number of carbonyl (C=O) groups is 1. The molecule has 0 spiro atoms. The van der Waals surface area contributed by atoms with Crippen molar-refractivity contribution in [1.82, 2.24) is 0 Å². The van der Waals surface area contributed by atoms with Crippen LogP contribution in [0.4, 0.5) is 0 Å². The monoisotopic (exact) mass is 262 g/mol. The first-order valence-corrected chi connectivity index (χ1v) is 6.10. The molecule has 0 amide bonds. The van der Waals surface area contributed by atoms with Gasteiger partial charge in [-0.1, -0.05) is 32.8 Å². The molecule has 0 saturated heterocycles. The van der Waals surface area contributed by atoms with E-state index in [0.717, 1.165) is 25.3 Å². The average molecular weight is 263 g/mol. The fourth-order valence-corrected chi connectivity index (χ4v) is 1.49. The van der Waals surface area contributed by atoms with Crippen LogP contribution in [0.15, 0.2) is 12.7 Å². The molecule has 0 saturated carbocycles. The van der Waals surface area contributed by atoms with Crippen molar-refractivity contribution in [3.05, 3.63) is 12.7 Å². The maximum absolute atomic E-state index is 10.9. The van der Waals surface area contributed by atoms with Crippen LogP contribution in [0.25, 0.3) is 0 Å². The van der Waals surface area contributed by atoms with E-state index in [1.807, 2.05) is 6.92 Å². The Morgan fingerprint density at radius 2 is 2.00 bits per heavy atom. The van der Waals surface area contributed by atoms with E-state index < -0.39 is 16.4 Å². The summed E-state index contributed by atoms with van der Waals surface area (Å²) in [6, 6.07) is 0. The van der Waals surface area contributed by atoms with Crippen LogP contribution in [0.5, 0.6) is 0 Å². The van der Waals surface area contributed by atoms with Crippen molar-refractivity contribution in [3.8, 4) is 0 Å². The molecule has 0 unspecified atom stereocenters. The number of hydrogen-bond donors (Lipinski definition) is 0. The van der Waals surface area contributed by atoms with E-state index in [4.69, 9.17) is 0 Å². The van der Waals surface area contributed by atoms with Gasteiger partial charge < -0.3 is 7.04 Å². The minimum Gasteiger partial charge on any atom is -1.00 e. The summed E-state index contributed by atoms with van der Waals surface area (Å²) in [6.45, 7) is 5.15. The van der Waals surface area contributed by atoms with Crippen LogP contribution in [-0.4, -0.2) is 44.0 Å². The quantitative estimate of drug-likeness (QED) is 0.376. The van der Waals surface area contributed by atoms with Gasteiger partial charge in [0.25, 0.3) is 0 Å². The molecule has 0 atom stereocenters. The van der Waals surface area contributed by atoms with E-state index in [0.29, 0.717) is 6.42 Å². The van der Waals surface area contributed by atoms with Crippen molar-refractivity contribution in [2.45, 2.75) is 32.6 Å². The van der Waals surface area contributed by atoms with Gasteiger partial charge in [-0.05, 0) is 6.42 Å². The molecule has 0 aromatic carbocycles. The van der Waals surface area contributed by atoms with Crippen LogP contribution in [0.1, 0.15) is 35.5 Å². The fraction of sp³-hybridized carbons (Fsp3) is 0.667. The van der Waals surface area contributed by atoms with Crippen molar-refractivity contribution in [1.29, 1.82) is 0 Å². The summed E-state index contributed by atoms with van der Waals surface area (Å²) in [5.74, 6) is -1.04. The molecule has 16 heavy (non-hydrogen) atoms. The maximum atomic E-state index is 10.9. The second-order valence-electron chi connectivity index (χ2n) is 2.90. The van der Waals surface area contributed by atoms with Crippen molar-refractivity contribution < 1.29 is 24.4 Å². The third-order valence-electron chi connectivity index (χ3n) is 1.58. The van der Waals surface area contributed by atoms with Gasteiger partial charge in [-0.15, -0.1) is 0 Å². The zero-order chi connectivity index (χ0) is 11.7. The van der Waals surface area contributed by atoms with Crippen LogP contribution in [0.3, 0.4) is 0 Å². The number of rotatable bonds is 8. The van der Waals surface area contributed by atoms with Crippen molar-refractivity contribution in [3.63, 3.8) is 0 Å². The van der Waals surface area contributed by atoms with Gasteiger partial charge in [-0.25, -0.2) is 8.98 Å². The van der Waals surface area contributed by atoms with Gasteiger partial charge in [0, 0.05) is 6.08 Å². The molecule has 0 rings (SSSR count). The van der Waals surface area contributed by atoms with Gasteiger partial charge in [-0.2, -0.15) is 8.42 Å². The van der Waals surface area contributed by atoms with Gasteiger partial charge in [0.1, 0.15) is 0 Å². The van der Waals surface area contributed by atoms with E-state index in [1.54, 1.807) is 0 Å². The first-order chi connectivity index (χ1) is 7.02. The van der Waals surface area contributed by atoms with Gasteiger partial charge in [0.05, 0.1) is 6.61 Å². The van der Waals surface area contributed by atoms with Crippen LogP contribution in [0.2, 0.25) is 0 Å². The summed E-state index contributed by atoms with van der Waals surface area (Å²) in [5, 5.41) is 0. The molecule has 5 nitrogen and oxygen atoms in total. The molecular formula is C9H18MgO5S. The molecule has 0 aliphatic heterocycles. The maximum Gasteiger partial charge on any atom is 2.00 e. The Balaban J connectivity index is -0.000000327. The normalized spacial score (nSPS) is 10.3. The summed E-state index contributed by atoms with van der Waals surface area (Å²) in [6.07, 6.45) is 4.35. The SMILES string of the molecule is C=CC(=O)OS(=O)(=O)OCCCCCC.[H-].[H-].[Mg+2]. The molecule has 0 heterocycles. The number of unbranched alkanes of at least 4 members (excludes halogenated alkanes) is 3. The first kappa shape index (κ1) is 18.3. The van der Waals surface area contributed by atoms with Gasteiger partial charge >= 0.3 is 39.4 Å². The standard InChI is InChI=1S/C9H16O5S.Mg.2H/c1-3-5-6-7-8-13-15(11,12)14-9(10)4-2;;;/h4H,2-3,5-8H2,1H3;;;/q;+2;2*-1. The summed E-state index contributed by atoms with van der Waals surface area (Å²) >= 11 is 0. The van der Waals surface area contributed by atoms with E-state index in [-0.39, 0.29) is 32.5 Å². The molecule has 0 N–H and O–H groups in total. The molecule has 0 bridgehead atoms. The van der Waals surface area contributed by atoms with Crippen molar-refractivity contribution in [2.75, 3.05) is 6.61 Å². The van der Waals surface area contributed by atoms with Crippen molar-refractivity contribution >= 4 is 39.4 Å². The summed E-state index contributed by atoms with van der Waals surface area (Å²) < 4.78 is 30.3. The second kappa shape index (κ2) is 10.1. The zero-order valence-corrected chi connectivity index (χ0v) is 11.7. The topological polar surface area (TPSA) is 69.7 Å². The molecule has 0 fully saturated rings. The van der Waals surface area contributed by atoms with Crippen LogP contribution in [0, 0.1) is 0 Å². The van der Waals surface area contributed by atoms with Crippen LogP contribution >= 0.6 is 0 Å². The Morgan fingerprint density at radius 3 is 2.50 bits per heavy atom. The minimum absolute atomic E-state index is 0. The van der Waals surface area contributed by atoms with Gasteiger partial charge in [0.15, 0.2) is 0 Å². The molecular weight excluding hydrogens is 244 g/mol. The van der Waals surface area contributed by atoms with Gasteiger partial charge in [0.2, 0.25) is 0 Å². The van der Waals surface area contributed by atoms with Crippen LogP contribution in [-0.2, 0) is 23.6 Å². The molecule has 0 aromatic rings. The fourth-order valence-electron chi connectivity index (χ4n) is 0.848. The molecule has 7 heteroatoms. The molecule has 92 valence electrons. The zero-order valence-electron chi connectivity index (χ0n) is 11.5. The molecule has 0 aliphatic carbocycles. The van der Waals surface area contributed by atoms with Crippen LogP contribution < -0.4 is 0 Å². The van der Waals surface area contributed by atoms with E-state index >= 15 is 0 Å². The van der Waals surface area contributed by atoms with E-state index in [1.165, 1.54) is 0 Å². The summed E-state index contributed by atoms with van der Waals surface area (Å²) in [5.41, 5.74) is 0. The third kappa shape index (κ3) is 10.4. The average Bonchev–Trinajstić information content (AvgIpc) is 2.16.